The standard InChI is InChI=1S/C21H22FN3O3S/c1-14-15(2)23-20-7-6-16(12-19(14)20)21(26)24-8-10-25(11-9-24)29(27,28)18-5-3-4-17(22)13-18/h3-7,12-13,23H,8-11H2,1-2H3. The summed E-state index contributed by atoms with van der Waals surface area (Å²) in [6.45, 7) is 4.94. The van der Waals surface area contributed by atoms with Crippen molar-refractivity contribution in [2.75, 3.05) is 26.2 Å². The molecule has 2 heterocycles. The number of aromatic amines is 1. The SMILES string of the molecule is Cc1[nH]c2ccc(C(=O)N3CCN(S(=O)(=O)c4cccc(F)c4)CC3)cc2c1C. The summed E-state index contributed by atoms with van der Waals surface area (Å²) in [5.74, 6) is -0.710. The Bertz CT molecular complexity index is 1200. The quantitative estimate of drug-likeness (QED) is 0.715. The molecule has 1 fully saturated rings. The van der Waals surface area contributed by atoms with Crippen LogP contribution in [0, 0.1) is 19.7 Å². The maximum atomic E-state index is 13.4. The third kappa shape index (κ3) is 3.54. The van der Waals surface area contributed by atoms with Crippen LogP contribution in [0.2, 0.25) is 0 Å². The number of aromatic nitrogens is 1. The monoisotopic (exact) mass is 415 g/mol. The Morgan fingerprint density at radius 1 is 1.03 bits per heavy atom. The van der Waals surface area contributed by atoms with Gasteiger partial charge >= 0.3 is 0 Å². The highest BCUT2D eigenvalue weighted by Gasteiger charge is 2.30. The fraction of sp³-hybridized carbons (Fsp3) is 0.286. The van der Waals surface area contributed by atoms with Crippen molar-refractivity contribution in [3.05, 3.63) is 65.1 Å². The number of rotatable bonds is 3. The van der Waals surface area contributed by atoms with Gasteiger partial charge in [0.2, 0.25) is 10.0 Å². The fourth-order valence-corrected chi connectivity index (χ4v) is 5.14. The lowest BCUT2D eigenvalue weighted by Crippen LogP contribution is -2.50. The second kappa shape index (κ2) is 7.27. The van der Waals surface area contributed by atoms with Crippen molar-refractivity contribution in [2.24, 2.45) is 0 Å². The van der Waals surface area contributed by atoms with Gasteiger partial charge in [0.1, 0.15) is 5.82 Å². The molecule has 0 bridgehead atoms. The smallest absolute Gasteiger partial charge is 0.253 e. The Kier molecular flexibility index (Phi) is 4.92. The van der Waals surface area contributed by atoms with Crippen LogP contribution in [0.3, 0.4) is 0 Å². The maximum Gasteiger partial charge on any atom is 0.253 e. The van der Waals surface area contributed by atoms with Crippen LogP contribution in [-0.4, -0.2) is 54.7 Å². The van der Waals surface area contributed by atoms with Gasteiger partial charge in [0.15, 0.2) is 0 Å². The van der Waals surface area contributed by atoms with Gasteiger partial charge in [-0.05, 0) is 55.8 Å². The summed E-state index contributed by atoms with van der Waals surface area (Å²) in [5.41, 5.74) is 3.75. The number of aryl methyl sites for hydroxylation is 2. The number of nitrogens with zero attached hydrogens (tertiary/aromatic N) is 2. The Balaban J connectivity index is 1.49. The topological polar surface area (TPSA) is 73.5 Å². The van der Waals surface area contributed by atoms with E-state index in [1.54, 1.807) is 11.0 Å². The van der Waals surface area contributed by atoms with E-state index in [-0.39, 0.29) is 37.0 Å². The van der Waals surface area contributed by atoms with E-state index in [0.717, 1.165) is 28.2 Å². The Morgan fingerprint density at radius 3 is 2.45 bits per heavy atom. The molecule has 1 aliphatic heterocycles. The first-order valence-corrected chi connectivity index (χ1v) is 10.9. The minimum absolute atomic E-state index is 0.0685. The van der Waals surface area contributed by atoms with E-state index in [1.807, 2.05) is 26.0 Å². The number of carbonyl (C=O) groups is 1. The lowest BCUT2D eigenvalue weighted by atomic mass is 10.1. The fourth-order valence-electron chi connectivity index (χ4n) is 3.68. The minimum atomic E-state index is -3.78. The molecule has 1 saturated heterocycles. The summed E-state index contributed by atoms with van der Waals surface area (Å²) < 4.78 is 40.2. The molecule has 8 heteroatoms. The second-order valence-corrected chi connectivity index (χ2v) is 9.23. The van der Waals surface area contributed by atoms with Crippen molar-refractivity contribution in [1.29, 1.82) is 0 Å². The molecule has 1 aromatic heterocycles. The van der Waals surface area contributed by atoms with Crippen LogP contribution in [0.4, 0.5) is 4.39 Å². The van der Waals surface area contributed by atoms with Gasteiger partial charge in [-0.3, -0.25) is 4.79 Å². The molecule has 0 radical (unpaired) electrons. The van der Waals surface area contributed by atoms with Crippen molar-refractivity contribution in [2.45, 2.75) is 18.7 Å². The number of nitrogens with one attached hydrogen (secondary N) is 1. The summed E-state index contributed by atoms with van der Waals surface area (Å²) in [6.07, 6.45) is 0. The largest absolute Gasteiger partial charge is 0.358 e. The summed E-state index contributed by atoms with van der Waals surface area (Å²) in [4.78, 5) is 17.8. The molecule has 0 unspecified atom stereocenters. The zero-order chi connectivity index (χ0) is 20.8. The Hall–Kier alpha value is -2.71. The number of sulfonamides is 1. The number of piperazine rings is 1. The molecule has 6 nitrogen and oxygen atoms in total. The highest BCUT2D eigenvalue weighted by atomic mass is 32.2. The summed E-state index contributed by atoms with van der Waals surface area (Å²) in [5, 5.41) is 1.01. The molecule has 0 spiro atoms. The molecule has 4 rings (SSSR count). The first-order chi connectivity index (χ1) is 13.8. The van der Waals surface area contributed by atoms with Crippen LogP contribution in [0.25, 0.3) is 10.9 Å². The molecule has 3 aromatic rings. The Morgan fingerprint density at radius 2 is 1.76 bits per heavy atom. The number of fused-ring (bicyclic) bond motifs is 1. The van der Waals surface area contributed by atoms with E-state index in [1.165, 1.54) is 22.5 Å². The van der Waals surface area contributed by atoms with Crippen LogP contribution >= 0.6 is 0 Å². The van der Waals surface area contributed by atoms with Crippen LogP contribution in [0.15, 0.2) is 47.4 Å². The first-order valence-electron chi connectivity index (χ1n) is 9.41. The van der Waals surface area contributed by atoms with Gasteiger partial charge in [-0.2, -0.15) is 4.31 Å². The first kappa shape index (κ1) is 19.6. The molecule has 0 saturated carbocycles. The zero-order valence-electron chi connectivity index (χ0n) is 16.3. The zero-order valence-corrected chi connectivity index (χ0v) is 17.1. The average molecular weight is 415 g/mol. The van der Waals surface area contributed by atoms with Crippen molar-refractivity contribution >= 4 is 26.8 Å². The Labute approximate surface area is 169 Å². The van der Waals surface area contributed by atoms with E-state index in [2.05, 4.69) is 4.98 Å². The number of hydrogen-bond acceptors (Lipinski definition) is 3. The van der Waals surface area contributed by atoms with Crippen molar-refractivity contribution in [3.63, 3.8) is 0 Å². The predicted molar refractivity (Wildman–Crippen MR) is 109 cm³/mol. The van der Waals surface area contributed by atoms with Gasteiger partial charge in [0, 0.05) is 48.3 Å². The summed E-state index contributed by atoms with van der Waals surface area (Å²) in [6, 6.07) is 10.5. The lowest BCUT2D eigenvalue weighted by molar-refractivity contribution is 0.0698. The number of hydrogen-bond donors (Lipinski definition) is 1. The van der Waals surface area contributed by atoms with Crippen molar-refractivity contribution in [1.82, 2.24) is 14.2 Å². The van der Waals surface area contributed by atoms with Crippen LogP contribution in [-0.2, 0) is 10.0 Å². The third-order valence-corrected chi connectivity index (χ3v) is 7.41. The number of amides is 1. The van der Waals surface area contributed by atoms with Gasteiger partial charge in [0.05, 0.1) is 4.90 Å². The number of carbonyl (C=O) groups excluding carboxylic acids is 1. The van der Waals surface area contributed by atoms with Gasteiger partial charge in [-0.1, -0.05) is 6.07 Å². The third-order valence-electron chi connectivity index (χ3n) is 5.51. The van der Waals surface area contributed by atoms with E-state index in [9.17, 15) is 17.6 Å². The molecule has 1 N–H and O–H groups in total. The average Bonchev–Trinajstić information content (AvgIpc) is 3.01. The maximum absolute atomic E-state index is 13.4. The number of H-pyrrole nitrogens is 1. The molecule has 0 atom stereocenters. The van der Waals surface area contributed by atoms with E-state index < -0.39 is 15.8 Å². The highest BCUT2D eigenvalue weighted by molar-refractivity contribution is 7.89. The van der Waals surface area contributed by atoms with Crippen LogP contribution in [0.1, 0.15) is 21.6 Å². The molecular weight excluding hydrogens is 393 g/mol. The molecule has 0 aliphatic carbocycles. The van der Waals surface area contributed by atoms with E-state index in [0.29, 0.717) is 5.56 Å². The number of benzene rings is 2. The number of halogens is 1. The molecule has 1 aliphatic rings. The van der Waals surface area contributed by atoms with Crippen LogP contribution in [0.5, 0.6) is 0 Å². The molecule has 152 valence electrons. The van der Waals surface area contributed by atoms with Gasteiger partial charge < -0.3 is 9.88 Å². The molecule has 29 heavy (non-hydrogen) atoms. The predicted octanol–water partition coefficient (Wildman–Crippen LogP) is 3.07. The van der Waals surface area contributed by atoms with Gasteiger partial charge in [-0.15, -0.1) is 0 Å². The van der Waals surface area contributed by atoms with Gasteiger partial charge in [-0.25, -0.2) is 12.8 Å². The molecule has 1 amide bonds. The minimum Gasteiger partial charge on any atom is -0.358 e. The normalized spacial score (nSPS) is 15.8. The van der Waals surface area contributed by atoms with Crippen molar-refractivity contribution in [3.8, 4) is 0 Å². The lowest BCUT2D eigenvalue weighted by Gasteiger charge is -2.34. The summed E-state index contributed by atoms with van der Waals surface area (Å²) >= 11 is 0. The van der Waals surface area contributed by atoms with Crippen molar-refractivity contribution < 1.29 is 17.6 Å². The van der Waals surface area contributed by atoms with E-state index >= 15 is 0 Å². The summed E-state index contributed by atoms with van der Waals surface area (Å²) in [7, 11) is -3.78. The second-order valence-electron chi connectivity index (χ2n) is 7.29. The van der Waals surface area contributed by atoms with Gasteiger partial charge in [0.25, 0.3) is 5.91 Å². The van der Waals surface area contributed by atoms with E-state index in [4.69, 9.17) is 0 Å². The molecule has 2 aromatic carbocycles. The molecular formula is C21H22FN3O3S. The highest BCUT2D eigenvalue weighted by Crippen LogP contribution is 2.24. The van der Waals surface area contributed by atoms with Crippen LogP contribution < -0.4 is 0 Å².